The second-order valence-electron chi connectivity index (χ2n) is 4.15. The maximum Gasteiger partial charge on any atom is 0.0432 e. The van der Waals surface area contributed by atoms with E-state index in [1.807, 2.05) is 12.1 Å². The molecular weight excluding hydrogens is 218 g/mol. The van der Waals surface area contributed by atoms with E-state index in [-0.39, 0.29) is 0 Å². The predicted molar refractivity (Wildman–Crippen MR) is 70.8 cm³/mol. The predicted octanol–water partition coefficient (Wildman–Crippen LogP) is 4.21. The van der Waals surface area contributed by atoms with Gasteiger partial charge in [0.2, 0.25) is 0 Å². The number of halogens is 1. The molecule has 2 N–H and O–H groups in total. The van der Waals surface area contributed by atoms with Crippen LogP contribution in [0.4, 0.5) is 5.69 Å². The van der Waals surface area contributed by atoms with Crippen LogP contribution in [0.25, 0.3) is 11.1 Å². The van der Waals surface area contributed by atoms with E-state index in [0.29, 0.717) is 10.7 Å². The van der Waals surface area contributed by atoms with Gasteiger partial charge in [-0.15, -0.1) is 0 Å². The van der Waals surface area contributed by atoms with E-state index in [9.17, 15) is 0 Å². The van der Waals surface area contributed by atoms with E-state index < -0.39 is 0 Å². The fraction of sp³-hybridized carbons (Fsp3) is 0.143. The first-order valence-electron chi connectivity index (χ1n) is 5.19. The molecule has 0 fully saturated rings. The lowest BCUT2D eigenvalue weighted by Crippen LogP contribution is -1.87. The molecule has 0 aliphatic carbocycles. The van der Waals surface area contributed by atoms with Crippen molar-refractivity contribution < 1.29 is 0 Å². The van der Waals surface area contributed by atoms with Gasteiger partial charge in [-0.25, -0.2) is 0 Å². The van der Waals surface area contributed by atoms with E-state index in [4.69, 9.17) is 17.3 Å². The highest BCUT2D eigenvalue weighted by Crippen LogP contribution is 2.27. The molecule has 2 aromatic rings. The SMILES string of the molecule is Cc1cc(C)cc(-c2cc(N)cc(Cl)c2)c1. The van der Waals surface area contributed by atoms with Crippen molar-refractivity contribution in [1.29, 1.82) is 0 Å². The Morgan fingerprint density at radius 3 is 1.94 bits per heavy atom. The van der Waals surface area contributed by atoms with Gasteiger partial charge in [0.25, 0.3) is 0 Å². The van der Waals surface area contributed by atoms with Crippen LogP contribution in [0.5, 0.6) is 0 Å². The van der Waals surface area contributed by atoms with Gasteiger partial charge in [-0.2, -0.15) is 0 Å². The summed E-state index contributed by atoms with van der Waals surface area (Å²) in [7, 11) is 0. The minimum absolute atomic E-state index is 0.675. The standard InChI is InChI=1S/C14H14ClN/c1-9-3-10(2)5-11(4-9)12-6-13(15)8-14(16)7-12/h3-8H,16H2,1-2H3. The zero-order valence-corrected chi connectivity index (χ0v) is 10.2. The van der Waals surface area contributed by atoms with Crippen LogP contribution in [-0.2, 0) is 0 Å². The first-order chi connectivity index (χ1) is 7.54. The molecule has 0 saturated heterocycles. The quantitative estimate of drug-likeness (QED) is 0.732. The Morgan fingerprint density at radius 1 is 0.812 bits per heavy atom. The summed E-state index contributed by atoms with van der Waals surface area (Å²) in [6, 6.07) is 12.1. The van der Waals surface area contributed by atoms with Crippen LogP contribution in [0.2, 0.25) is 5.02 Å². The third-order valence-corrected chi connectivity index (χ3v) is 2.69. The molecule has 0 amide bonds. The Bertz CT molecular complexity index is 442. The summed E-state index contributed by atoms with van der Waals surface area (Å²) in [4.78, 5) is 0. The molecule has 0 atom stereocenters. The summed E-state index contributed by atoms with van der Waals surface area (Å²) >= 11 is 6.00. The molecule has 0 aromatic heterocycles. The lowest BCUT2D eigenvalue weighted by atomic mass is 10.0. The summed E-state index contributed by atoms with van der Waals surface area (Å²) in [5, 5.41) is 0.675. The highest BCUT2D eigenvalue weighted by atomic mass is 35.5. The van der Waals surface area contributed by atoms with Crippen LogP contribution in [0.3, 0.4) is 0 Å². The van der Waals surface area contributed by atoms with Crippen LogP contribution < -0.4 is 5.73 Å². The molecule has 82 valence electrons. The van der Waals surface area contributed by atoms with Crippen LogP contribution in [0.1, 0.15) is 11.1 Å². The van der Waals surface area contributed by atoms with Crippen molar-refractivity contribution in [3.8, 4) is 11.1 Å². The zero-order chi connectivity index (χ0) is 11.7. The van der Waals surface area contributed by atoms with Crippen LogP contribution in [0.15, 0.2) is 36.4 Å². The number of anilines is 1. The Morgan fingerprint density at radius 2 is 1.38 bits per heavy atom. The third kappa shape index (κ3) is 2.37. The molecule has 0 heterocycles. The molecule has 16 heavy (non-hydrogen) atoms. The topological polar surface area (TPSA) is 26.0 Å². The van der Waals surface area contributed by atoms with Crippen molar-refractivity contribution in [2.45, 2.75) is 13.8 Å². The largest absolute Gasteiger partial charge is 0.399 e. The van der Waals surface area contributed by atoms with Gasteiger partial charge in [-0.3, -0.25) is 0 Å². The molecule has 2 heteroatoms. The fourth-order valence-electron chi connectivity index (χ4n) is 1.92. The number of rotatable bonds is 1. The van der Waals surface area contributed by atoms with Gasteiger partial charge >= 0.3 is 0 Å². The van der Waals surface area contributed by atoms with E-state index in [2.05, 4.69) is 32.0 Å². The minimum atomic E-state index is 0.675. The molecule has 0 radical (unpaired) electrons. The highest BCUT2D eigenvalue weighted by molar-refractivity contribution is 6.31. The third-order valence-electron chi connectivity index (χ3n) is 2.48. The molecule has 0 aliphatic rings. The number of nitrogen functional groups attached to an aromatic ring is 1. The summed E-state index contributed by atoms with van der Waals surface area (Å²) < 4.78 is 0. The minimum Gasteiger partial charge on any atom is -0.399 e. The zero-order valence-electron chi connectivity index (χ0n) is 9.42. The van der Waals surface area contributed by atoms with E-state index in [0.717, 1.165) is 11.1 Å². The maximum absolute atomic E-state index is 6.00. The van der Waals surface area contributed by atoms with Crippen molar-refractivity contribution in [2.24, 2.45) is 0 Å². The summed E-state index contributed by atoms with van der Waals surface area (Å²) in [6.07, 6.45) is 0. The average Bonchev–Trinajstić information content (AvgIpc) is 2.14. The van der Waals surface area contributed by atoms with Crippen molar-refractivity contribution in [1.82, 2.24) is 0 Å². The monoisotopic (exact) mass is 231 g/mol. The van der Waals surface area contributed by atoms with Gasteiger partial charge in [-0.05, 0) is 43.2 Å². The van der Waals surface area contributed by atoms with Gasteiger partial charge in [0.1, 0.15) is 0 Å². The van der Waals surface area contributed by atoms with Gasteiger partial charge < -0.3 is 5.73 Å². The molecule has 2 rings (SSSR count). The summed E-state index contributed by atoms with van der Waals surface area (Å²) in [5.41, 5.74) is 11.2. The second kappa shape index (κ2) is 4.18. The molecule has 0 aliphatic heterocycles. The van der Waals surface area contributed by atoms with Crippen LogP contribution >= 0.6 is 11.6 Å². The second-order valence-corrected chi connectivity index (χ2v) is 4.59. The Kier molecular flexibility index (Phi) is 2.88. The lowest BCUT2D eigenvalue weighted by Gasteiger charge is -2.07. The first-order valence-corrected chi connectivity index (χ1v) is 5.57. The lowest BCUT2D eigenvalue weighted by molar-refractivity contribution is 1.38. The Balaban J connectivity index is 2.57. The number of aryl methyl sites for hydroxylation is 2. The fourth-order valence-corrected chi connectivity index (χ4v) is 2.16. The van der Waals surface area contributed by atoms with Gasteiger partial charge in [-0.1, -0.05) is 40.9 Å². The van der Waals surface area contributed by atoms with E-state index in [1.165, 1.54) is 11.1 Å². The van der Waals surface area contributed by atoms with Crippen molar-refractivity contribution in [3.05, 3.63) is 52.5 Å². The first kappa shape index (κ1) is 11.0. The summed E-state index contributed by atoms with van der Waals surface area (Å²) in [6.45, 7) is 4.18. The van der Waals surface area contributed by atoms with Crippen molar-refractivity contribution in [3.63, 3.8) is 0 Å². The average molecular weight is 232 g/mol. The van der Waals surface area contributed by atoms with Crippen LogP contribution in [0, 0.1) is 13.8 Å². The summed E-state index contributed by atoms with van der Waals surface area (Å²) in [5.74, 6) is 0. The highest BCUT2D eigenvalue weighted by Gasteiger charge is 2.02. The van der Waals surface area contributed by atoms with E-state index in [1.54, 1.807) is 6.07 Å². The number of benzene rings is 2. The normalized spacial score (nSPS) is 10.4. The number of hydrogen-bond acceptors (Lipinski definition) is 1. The van der Waals surface area contributed by atoms with Gasteiger partial charge in [0.05, 0.1) is 0 Å². The Labute approximate surface area is 101 Å². The molecule has 0 saturated carbocycles. The van der Waals surface area contributed by atoms with Crippen LogP contribution in [-0.4, -0.2) is 0 Å². The molecule has 0 unspecified atom stereocenters. The molecule has 0 bridgehead atoms. The Hall–Kier alpha value is -1.47. The molecule has 1 nitrogen and oxygen atoms in total. The van der Waals surface area contributed by atoms with Crippen molar-refractivity contribution >= 4 is 17.3 Å². The molecule has 2 aromatic carbocycles. The van der Waals surface area contributed by atoms with Gasteiger partial charge in [0, 0.05) is 10.7 Å². The number of hydrogen-bond donors (Lipinski definition) is 1. The van der Waals surface area contributed by atoms with Gasteiger partial charge in [0.15, 0.2) is 0 Å². The number of nitrogens with two attached hydrogens (primary N) is 1. The van der Waals surface area contributed by atoms with Crippen molar-refractivity contribution in [2.75, 3.05) is 5.73 Å². The molecule has 0 spiro atoms. The van der Waals surface area contributed by atoms with E-state index >= 15 is 0 Å². The maximum atomic E-state index is 6.00. The molecular formula is C14H14ClN. The smallest absolute Gasteiger partial charge is 0.0432 e.